The first-order valence-electron chi connectivity index (χ1n) is 12.2. The number of hydrogen-bond donors (Lipinski definition) is 0. The fourth-order valence-corrected chi connectivity index (χ4v) is 4.87. The monoisotopic (exact) mass is 510 g/mol. The SMILES string of the molecule is Clc1nc(-c2cccc(-c3ccccc3)c2)nc(-c2cccc3ccc4nc(-c5ccccc5)oc4c23)n1. The predicted molar refractivity (Wildman–Crippen MR) is 152 cm³/mol. The van der Waals surface area contributed by atoms with Crippen LogP contribution in [0.15, 0.2) is 120 Å². The van der Waals surface area contributed by atoms with Gasteiger partial charge in [0.2, 0.25) is 11.2 Å². The third-order valence-electron chi connectivity index (χ3n) is 6.50. The zero-order valence-corrected chi connectivity index (χ0v) is 20.8. The van der Waals surface area contributed by atoms with Crippen LogP contribution in [0.2, 0.25) is 5.28 Å². The summed E-state index contributed by atoms with van der Waals surface area (Å²) in [5, 5.41) is 2.00. The molecule has 2 heterocycles. The van der Waals surface area contributed by atoms with Crippen LogP contribution in [-0.2, 0) is 0 Å². The van der Waals surface area contributed by atoms with Gasteiger partial charge in [-0.05, 0) is 52.4 Å². The second-order valence-corrected chi connectivity index (χ2v) is 9.24. The van der Waals surface area contributed by atoms with Gasteiger partial charge in [0.25, 0.3) is 0 Å². The molecule has 0 fully saturated rings. The molecule has 0 radical (unpaired) electrons. The molecule has 5 aromatic carbocycles. The van der Waals surface area contributed by atoms with Gasteiger partial charge in [0, 0.05) is 22.1 Å². The number of nitrogens with zero attached hydrogens (tertiary/aromatic N) is 4. The van der Waals surface area contributed by atoms with E-state index in [0.29, 0.717) is 23.1 Å². The lowest BCUT2D eigenvalue weighted by Gasteiger charge is -2.09. The molecule has 0 amide bonds. The van der Waals surface area contributed by atoms with Gasteiger partial charge in [-0.25, -0.2) is 9.97 Å². The van der Waals surface area contributed by atoms with Gasteiger partial charge < -0.3 is 4.42 Å². The summed E-state index contributed by atoms with van der Waals surface area (Å²) in [7, 11) is 0. The summed E-state index contributed by atoms with van der Waals surface area (Å²) in [4.78, 5) is 18.6. The van der Waals surface area contributed by atoms with Crippen LogP contribution in [0.25, 0.3) is 67.2 Å². The molecule has 0 aliphatic rings. The predicted octanol–water partition coefficient (Wildman–Crippen LogP) is 8.49. The molecule has 0 saturated heterocycles. The van der Waals surface area contributed by atoms with Crippen molar-refractivity contribution in [2.24, 2.45) is 0 Å². The minimum atomic E-state index is 0.127. The Labute approximate surface area is 223 Å². The molecule has 5 nitrogen and oxygen atoms in total. The molecule has 0 aliphatic heterocycles. The van der Waals surface area contributed by atoms with Gasteiger partial charge in [0.15, 0.2) is 17.2 Å². The van der Waals surface area contributed by atoms with Crippen molar-refractivity contribution in [1.82, 2.24) is 19.9 Å². The number of rotatable bonds is 4. The van der Waals surface area contributed by atoms with Gasteiger partial charge in [0.05, 0.1) is 0 Å². The Balaban J connectivity index is 1.40. The summed E-state index contributed by atoms with van der Waals surface area (Å²) in [5.41, 5.74) is 6.20. The number of hydrogen-bond acceptors (Lipinski definition) is 5. The lowest BCUT2D eigenvalue weighted by molar-refractivity contribution is 0.623. The van der Waals surface area contributed by atoms with Crippen LogP contribution in [0.5, 0.6) is 0 Å². The molecule has 0 spiro atoms. The van der Waals surface area contributed by atoms with Crippen molar-refractivity contribution in [3.05, 3.63) is 121 Å². The number of aromatic nitrogens is 4. The van der Waals surface area contributed by atoms with Crippen molar-refractivity contribution < 1.29 is 4.42 Å². The topological polar surface area (TPSA) is 64.7 Å². The van der Waals surface area contributed by atoms with E-state index in [9.17, 15) is 0 Å². The fourth-order valence-electron chi connectivity index (χ4n) is 4.71. The normalized spacial score (nSPS) is 11.3. The summed E-state index contributed by atoms with van der Waals surface area (Å²) < 4.78 is 6.32. The molecule has 0 atom stereocenters. The Morgan fingerprint density at radius 2 is 1.21 bits per heavy atom. The van der Waals surface area contributed by atoms with Crippen molar-refractivity contribution in [3.63, 3.8) is 0 Å². The summed E-state index contributed by atoms with van der Waals surface area (Å²) in [6.07, 6.45) is 0. The van der Waals surface area contributed by atoms with Crippen molar-refractivity contribution in [2.75, 3.05) is 0 Å². The molecule has 0 aliphatic carbocycles. The van der Waals surface area contributed by atoms with E-state index in [-0.39, 0.29) is 5.28 Å². The lowest BCUT2D eigenvalue weighted by Crippen LogP contribution is -1.98. The van der Waals surface area contributed by atoms with Crippen LogP contribution in [-0.4, -0.2) is 19.9 Å². The maximum Gasteiger partial charge on any atom is 0.227 e. The highest BCUT2D eigenvalue weighted by Gasteiger charge is 2.18. The highest BCUT2D eigenvalue weighted by molar-refractivity contribution is 6.28. The Kier molecular flexibility index (Phi) is 5.42. The first kappa shape index (κ1) is 22.3. The molecule has 7 aromatic rings. The first-order chi connectivity index (χ1) is 18.7. The van der Waals surface area contributed by atoms with Crippen molar-refractivity contribution >= 4 is 33.5 Å². The maximum atomic E-state index is 6.46. The van der Waals surface area contributed by atoms with Gasteiger partial charge in [-0.3, -0.25) is 0 Å². The fraction of sp³-hybridized carbons (Fsp3) is 0. The average molecular weight is 511 g/mol. The molecule has 0 N–H and O–H groups in total. The summed E-state index contributed by atoms with van der Waals surface area (Å²) in [6.45, 7) is 0. The average Bonchev–Trinajstić information content (AvgIpc) is 3.42. The standard InChI is InChI=1S/C32H19ClN4O/c33-32-36-29(24-15-7-14-23(19-24)20-9-3-1-4-10-20)35-30(37-32)25-16-8-13-21-17-18-26-28(27(21)25)38-31(34-26)22-11-5-2-6-12-22/h1-19H. The molecule has 0 bridgehead atoms. The Bertz CT molecular complexity index is 1930. The van der Waals surface area contributed by atoms with Gasteiger partial charge in [0.1, 0.15) is 5.52 Å². The quantitative estimate of drug-likeness (QED) is 0.237. The van der Waals surface area contributed by atoms with Gasteiger partial charge in [-0.15, -0.1) is 0 Å². The van der Waals surface area contributed by atoms with Gasteiger partial charge in [-0.2, -0.15) is 9.97 Å². The highest BCUT2D eigenvalue weighted by Crippen LogP contribution is 2.36. The highest BCUT2D eigenvalue weighted by atomic mass is 35.5. The molecule has 6 heteroatoms. The van der Waals surface area contributed by atoms with E-state index in [2.05, 4.69) is 34.2 Å². The van der Waals surface area contributed by atoms with Crippen molar-refractivity contribution in [3.8, 4) is 45.4 Å². The zero-order chi connectivity index (χ0) is 25.5. The van der Waals surface area contributed by atoms with E-state index in [1.54, 1.807) is 0 Å². The largest absolute Gasteiger partial charge is 0.435 e. The Morgan fingerprint density at radius 3 is 2.03 bits per heavy atom. The summed E-state index contributed by atoms with van der Waals surface area (Å²) >= 11 is 6.46. The van der Waals surface area contributed by atoms with E-state index < -0.39 is 0 Å². The van der Waals surface area contributed by atoms with Crippen LogP contribution in [0.3, 0.4) is 0 Å². The first-order valence-corrected chi connectivity index (χ1v) is 12.6. The maximum absolute atomic E-state index is 6.46. The number of oxazole rings is 1. The smallest absolute Gasteiger partial charge is 0.227 e. The number of halogens is 1. The minimum Gasteiger partial charge on any atom is -0.435 e. The Hall–Kier alpha value is -4.87. The molecular formula is C32H19ClN4O. The molecule has 2 aromatic heterocycles. The van der Waals surface area contributed by atoms with Crippen LogP contribution in [0.1, 0.15) is 0 Å². The number of fused-ring (bicyclic) bond motifs is 3. The molecular weight excluding hydrogens is 492 g/mol. The molecule has 7 rings (SSSR count). The molecule has 38 heavy (non-hydrogen) atoms. The summed E-state index contributed by atoms with van der Waals surface area (Å²) in [5.74, 6) is 1.54. The Morgan fingerprint density at radius 1 is 0.526 bits per heavy atom. The van der Waals surface area contributed by atoms with Crippen molar-refractivity contribution in [1.29, 1.82) is 0 Å². The van der Waals surface area contributed by atoms with E-state index in [1.165, 1.54) is 0 Å². The van der Waals surface area contributed by atoms with Crippen LogP contribution >= 0.6 is 11.6 Å². The molecule has 0 saturated carbocycles. The van der Waals surface area contributed by atoms with Crippen LogP contribution < -0.4 is 0 Å². The second-order valence-electron chi connectivity index (χ2n) is 8.90. The van der Waals surface area contributed by atoms with Crippen molar-refractivity contribution in [2.45, 2.75) is 0 Å². The molecule has 180 valence electrons. The van der Waals surface area contributed by atoms with E-state index in [1.807, 2.05) is 91.0 Å². The molecule has 0 unspecified atom stereocenters. The third kappa shape index (κ3) is 3.99. The summed E-state index contributed by atoms with van der Waals surface area (Å²) in [6, 6.07) is 38.2. The van der Waals surface area contributed by atoms with Gasteiger partial charge >= 0.3 is 0 Å². The van der Waals surface area contributed by atoms with Crippen LogP contribution in [0.4, 0.5) is 0 Å². The minimum absolute atomic E-state index is 0.127. The van der Waals surface area contributed by atoms with E-state index in [0.717, 1.165) is 44.1 Å². The van der Waals surface area contributed by atoms with E-state index in [4.69, 9.17) is 26.0 Å². The van der Waals surface area contributed by atoms with Crippen LogP contribution in [0, 0.1) is 0 Å². The second kappa shape index (κ2) is 9.21. The lowest BCUT2D eigenvalue weighted by atomic mass is 10.0. The van der Waals surface area contributed by atoms with Gasteiger partial charge in [-0.1, -0.05) is 91.0 Å². The number of benzene rings is 5. The third-order valence-corrected chi connectivity index (χ3v) is 6.66. The van der Waals surface area contributed by atoms with E-state index >= 15 is 0 Å². The zero-order valence-electron chi connectivity index (χ0n) is 20.0.